The van der Waals surface area contributed by atoms with E-state index in [1.54, 1.807) is 0 Å². The highest BCUT2D eigenvalue weighted by molar-refractivity contribution is 6.22. The van der Waals surface area contributed by atoms with Crippen LogP contribution in [-0.2, 0) is 4.79 Å². The van der Waals surface area contributed by atoms with Crippen molar-refractivity contribution in [3.8, 4) is 0 Å². The van der Waals surface area contributed by atoms with Crippen LogP contribution < -0.4 is 4.90 Å². The van der Waals surface area contributed by atoms with Crippen molar-refractivity contribution in [2.24, 2.45) is 10.9 Å². The molecule has 4 heteroatoms. The third-order valence-corrected chi connectivity index (χ3v) is 4.30. The lowest BCUT2D eigenvalue weighted by atomic mass is 10.0. The lowest BCUT2D eigenvalue weighted by Crippen LogP contribution is -2.49. The molecular formula is C18H25N3O. The number of hydrogen-bond donors (Lipinski definition) is 0. The van der Waals surface area contributed by atoms with Crippen LogP contribution in [0.25, 0.3) is 0 Å². The summed E-state index contributed by atoms with van der Waals surface area (Å²) in [6.07, 6.45) is 2.39. The van der Waals surface area contributed by atoms with Crippen molar-refractivity contribution in [2.45, 2.75) is 58.7 Å². The zero-order chi connectivity index (χ0) is 15.9. The van der Waals surface area contributed by atoms with Crippen LogP contribution in [0.4, 0.5) is 5.69 Å². The number of guanidine groups is 1. The van der Waals surface area contributed by atoms with Gasteiger partial charge >= 0.3 is 0 Å². The maximum absolute atomic E-state index is 12.9. The molecule has 0 spiro atoms. The van der Waals surface area contributed by atoms with Gasteiger partial charge in [0.05, 0.1) is 5.69 Å². The quantitative estimate of drug-likeness (QED) is 0.855. The molecule has 3 rings (SSSR count). The predicted molar refractivity (Wildman–Crippen MR) is 90.0 cm³/mol. The van der Waals surface area contributed by atoms with Crippen molar-refractivity contribution >= 4 is 17.6 Å². The third kappa shape index (κ3) is 2.62. The first-order chi connectivity index (χ1) is 10.5. The van der Waals surface area contributed by atoms with E-state index in [1.165, 1.54) is 12.8 Å². The number of nitrogens with zero attached hydrogens (tertiary/aromatic N) is 3. The zero-order valence-electron chi connectivity index (χ0n) is 13.9. The summed E-state index contributed by atoms with van der Waals surface area (Å²) in [6, 6.07) is 10.5. The van der Waals surface area contributed by atoms with Gasteiger partial charge in [0.15, 0.2) is 0 Å². The fourth-order valence-corrected chi connectivity index (χ4v) is 3.07. The van der Waals surface area contributed by atoms with Crippen LogP contribution in [0.3, 0.4) is 0 Å². The van der Waals surface area contributed by atoms with Gasteiger partial charge in [-0.15, -0.1) is 0 Å². The molecule has 1 heterocycles. The summed E-state index contributed by atoms with van der Waals surface area (Å²) in [5.41, 5.74) is 0.917. The normalized spacial score (nSPS) is 21.7. The first-order valence-electron chi connectivity index (χ1n) is 8.26. The van der Waals surface area contributed by atoms with Crippen LogP contribution in [0, 0.1) is 5.92 Å². The molecule has 1 aromatic carbocycles. The monoisotopic (exact) mass is 299 g/mol. The van der Waals surface area contributed by atoms with Gasteiger partial charge in [0.1, 0.15) is 6.04 Å². The number of benzene rings is 1. The molecule has 1 fully saturated rings. The number of anilines is 1. The number of aliphatic imine (C=N–C) groups is 1. The Morgan fingerprint density at radius 2 is 1.77 bits per heavy atom. The maximum atomic E-state index is 12.9. The Balaban J connectivity index is 2.02. The predicted octanol–water partition coefficient (Wildman–Crippen LogP) is 3.29. The largest absolute Gasteiger partial charge is 0.337 e. The van der Waals surface area contributed by atoms with Gasteiger partial charge in [0.2, 0.25) is 5.96 Å². The lowest BCUT2D eigenvalue weighted by Gasteiger charge is -2.33. The van der Waals surface area contributed by atoms with E-state index in [0.717, 1.165) is 11.6 Å². The molecular weight excluding hydrogens is 274 g/mol. The smallest absolute Gasteiger partial charge is 0.259 e. The molecule has 1 saturated carbocycles. The SMILES string of the molecule is CC(C)[C@@H]1N=C(N(C(C)C)C2CC2)N(c2ccccc2)C1=O. The molecule has 118 valence electrons. The number of carbonyl (C=O) groups is 1. The van der Waals surface area contributed by atoms with Crippen molar-refractivity contribution in [1.29, 1.82) is 0 Å². The van der Waals surface area contributed by atoms with E-state index in [4.69, 9.17) is 4.99 Å². The summed E-state index contributed by atoms with van der Waals surface area (Å²) in [7, 11) is 0. The zero-order valence-corrected chi connectivity index (χ0v) is 13.9. The van der Waals surface area contributed by atoms with Crippen LogP contribution in [0.5, 0.6) is 0 Å². The van der Waals surface area contributed by atoms with Gasteiger partial charge in [-0.2, -0.15) is 0 Å². The van der Waals surface area contributed by atoms with Crippen molar-refractivity contribution in [3.63, 3.8) is 0 Å². The van der Waals surface area contributed by atoms with Crippen LogP contribution in [0.2, 0.25) is 0 Å². The van der Waals surface area contributed by atoms with E-state index in [-0.39, 0.29) is 17.9 Å². The van der Waals surface area contributed by atoms with Crippen LogP contribution in [0.1, 0.15) is 40.5 Å². The number of para-hydroxylation sites is 1. The molecule has 2 aliphatic rings. The van der Waals surface area contributed by atoms with Crippen LogP contribution >= 0.6 is 0 Å². The number of hydrogen-bond acceptors (Lipinski definition) is 3. The van der Waals surface area contributed by atoms with E-state index in [2.05, 4.69) is 32.6 Å². The van der Waals surface area contributed by atoms with E-state index >= 15 is 0 Å². The average molecular weight is 299 g/mol. The van der Waals surface area contributed by atoms with Crippen LogP contribution in [0.15, 0.2) is 35.3 Å². The molecule has 0 unspecified atom stereocenters. The summed E-state index contributed by atoms with van der Waals surface area (Å²) in [6.45, 7) is 8.48. The molecule has 1 aliphatic carbocycles. The van der Waals surface area contributed by atoms with E-state index < -0.39 is 0 Å². The Labute approximate surface area is 132 Å². The Kier molecular flexibility index (Phi) is 3.94. The Morgan fingerprint density at radius 3 is 2.27 bits per heavy atom. The van der Waals surface area contributed by atoms with Gasteiger partial charge in [-0.05, 0) is 44.7 Å². The minimum Gasteiger partial charge on any atom is -0.337 e. The van der Waals surface area contributed by atoms with Crippen molar-refractivity contribution in [3.05, 3.63) is 30.3 Å². The summed E-state index contributed by atoms with van der Waals surface area (Å²) in [5.74, 6) is 1.15. The van der Waals surface area contributed by atoms with Gasteiger partial charge < -0.3 is 4.90 Å². The molecule has 0 N–H and O–H groups in total. The number of amides is 1. The highest BCUT2D eigenvalue weighted by atomic mass is 16.2. The summed E-state index contributed by atoms with van der Waals surface area (Å²) in [5, 5.41) is 0. The second-order valence-corrected chi connectivity index (χ2v) is 6.86. The molecule has 0 bridgehead atoms. The van der Waals surface area contributed by atoms with Crippen molar-refractivity contribution in [2.75, 3.05) is 4.90 Å². The molecule has 1 aromatic rings. The highest BCUT2D eigenvalue weighted by Gasteiger charge is 2.44. The van der Waals surface area contributed by atoms with E-state index in [0.29, 0.717) is 12.1 Å². The summed E-state index contributed by atoms with van der Waals surface area (Å²) >= 11 is 0. The van der Waals surface area contributed by atoms with Gasteiger partial charge in [-0.25, -0.2) is 9.89 Å². The summed E-state index contributed by atoms with van der Waals surface area (Å²) in [4.78, 5) is 21.9. The molecule has 0 aromatic heterocycles. The lowest BCUT2D eigenvalue weighted by molar-refractivity contribution is -0.119. The highest BCUT2D eigenvalue weighted by Crippen LogP contribution is 2.34. The topological polar surface area (TPSA) is 35.9 Å². The summed E-state index contributed by atoms with van der Waals surface area (Å²) < 4.78 is 0. The maximum Gasteiger partial charge on any atom is 0.259 e. The van der Waals surface area contributed by atoms with Crippen molar-refractivity contribution in [1.82, 2.24) is 4.90 Å². The third-order valence-electron chi connectivity index (χ3n) is 4.30. The van der Waals surface area contributed by atoms with Gasteiger partial charge in [-0.1, -0.05) is 32.0 Å². The first kappa shape index (κ1) is 15.1. The van der Waals surface area contributed by atoms with E-state index in [1.807, 2.05) is 35.2 Å². The van der Waals surface area contributed by atoms with Crippen LogP contribution in [-0.4, -0.2) is 34.9 Å². The second kappa shape index (κ2) is 5.75. The molecule has 0 radical (unpaired) electrons. The molecule has 1 amide bonds. The minimum absolute atomic E-state index is 0.0995. The van der Waals surface area contributed by atoms with Gasteiger partial charge in [0, 0.05) is 12.1 Å². The van der Waals surface area contributed by atoms with Gasteiger partial charge in [-0.3, -0.25) is 4.79 Å². The van der Waals surface area contributed by atoms with Crippen molar-refractivity contribution < 1.29 is 4.79 Å². The molecule has 1 aliphatic heterocycles. The fraction of sp³-hybridized carbons (Fsp3) is 0.556. The molecule has 22 heavy (non-hydrogen) atoms. The number of carbonyl (C=O) groups excluding carboxylic acids is 1. The molecule has 4 nitrogen and oxygen atoms in total. The minimum atomic E-state index is -0.268. The standard InChI is InChI=1S/C18H25N3O/c1-12(2)16-17(22)21(14-8-6-5-7-9-14)18(19-16)20(13(3)4)15-10-11-15/h5-9,12-13,15-16H,10-11H2,1-4H3/t16-/m0/s1. The average Bonchev–Trinajstić information content (AvgIpc) is 3.23. The Bertz CT molecular complexity index is 573. The molecule has 0 saturated heterocycles. The second-order valence-electron chi connectivity index (χ2n) is 6.86. The Morgan fingerprint density at radius 1 is 1.14 bits per heavy atom. The Hall–Kier alpha value is -1.84. The molecule has 1 atom stereocenters. The fourth-order valence-electron chi connectivity index (χ4n) is 3.07. The number of rotatable bonds is 4. The van der Waals surface area contributed by atoms with Gasteiger partial charge in [0.25, 0.3) is 5.91 Å². The first-order valence-corrected chi connectivity index (χ1v) is 8.26. The van der Waals surface area contributed by atoms with E-state index in [9.17, 15) is 4.79 Å².